The van der Waals surface area contributed by atoms with Gasteiger partial charge >= 0.3 is 0 Å². The minimum Gasteiger partial charge on any atom is -0.443 e. The highest BCUT2D eigenvalue weighted by Crippen LogP contribution is 2.31. The van der Waals surface area contributed by atoms with Crippen molar-refractivity contribution in [1.82, 2.24) is 4.98 Å². The third-order valence-corrected chi connectivity index (χ3v) is 3.33. The second-order valence-electron chi connectivity index (χ2n) is 4.56. The molecule has 0 N–H and O–H groups in total. The van der Waals surface area contributed by atoms with E-state index in [0.29, 0.717) is 11.3 Å². The summed E-state index contributed by atoms with van der Waals surface area (Å²) >= 11 is 0. The van der Waals surface area contributed by atoms with Crippen molar-refractivity contribution >= 4 is 22.7 Å². The van der Waals surface area contributed by atoms with Crippen LogP contribution in [0.2, 0.25) is 0 Å². The summed E-state index contributed by atoms with van der Waals surface area (Å²) in [6.07, 6.45) is 1.35. The lowest BCUT2D eigenvalue weighted by atomic mass is 9.86. The number of ether oxygens (including phenoxy) is 1. The summed E-state index contributed by atoms with van der Waals surface area (Å²) in [5.74, 6) is -0.264. The SMILES string of the molecule is CN(C(=O)C1(C#N)COC1)c1ccc2ncoc2c1. The first-order chi connectivity index (χ1) is 9.16. The van der Waals surface area contributed by atoms with Crippen molar-refractivity contribution in [3.8, 4) is 6.07 Å². The van der Waals surface area contributed by atoms with E-state index < -0.39 is 5.41 Å². The number of benzene rings is 1. The number of hydrogen-bond acceptors (Lipinski definition) is 5. The van der Waals surface area contributed by atoms with Crippen molar-refractivity contribution in [2.75, 3.05) is 25.2 Å². The fourth-order valence-corrected chi connectivity index (χ4v) is 2.03. The fraction of sp³-hybridized carbons (Fsp3) is 0.308. The molecule has 0 radical (unpaired) electrons. The van der Waals surface area contributed by atoms with Gasteiger partial charge in [-0.2, -0.15) is 5.26 Å². The van der Waals surface area contributed by atoms with Crippen LogP contribution in [0.15, 0.2) is 29.0 Å². The number of nitrogens with zero attached hydrogens (tertiary/aromatic N) is 3. The van der Waals surface area contributed by atoms with Crippen LogP contribution in [0.4, 0.5) is 5.69 Å². The molecule has 1 aromatic heterocycles. The Morgan fingerprint density at radius 3 is 2.95 bits per heavy atom. The van der Waals surface area contributed by atoms with Crippen molar-refractivity contribution in [3.63, 3.8) is 0 Å². The van der Waals surface area contributed by atoms with E-state index in [1.54, 1.807) is 25.2 Å². The van der Waals surface area contributed by atoms with Gasteiger partial charge in [-0.15, -0.1) is 0 Å². The average Bonchev–Trinajstić information content (AvgIpc) is 2.84. The number of anilines is 1. The first-order valence-electron chi connectivity index (χ1n) is 5.77. The van der Waals surface area contributed by atoms with Gasteiger partial charge in [-0.25, -0.2) is 4.98 Å². The summed E-state index contributed by atoms with van der Waals surface area (Å²) in [6.45, 7) is 0.300. The molecule has 2 aromatic rings. The van der Waals surface area contributed by atoms with Crippen LogP contribution in [0, 0.1) is 16.7 Å². The summed E-state index contributed by atoms with van der Waals surface area (Å²) in [7, 11) is 1.64. The van der Waals surface area contributed by atoms with Crippen LogP contribution >= 0.6 is 0 Å². The highest BCUT2D eigenvalue weighted by Gasteiger charge is 2.48. The molecular weight excluding hydrogens is 246 g/mol. The quantitative estimate of drug-likeness (QED) is 0.810. The monoisotopic (exact) mass is 257 g/mol. The van der Waals surface area contributed by atoms with Crippen molar-refractivity contribution in [3.05, 3.63) is 24.6 Å². The number of amides is 1. The number of fused-ring (bicyclic) bond motifs is 1. The van der Waals surface area contributed by atoms with Crippen LogP contribution in [-0.4, -0.2) is 31.2 Å². The van der Waals surface area contributed by atoms with E-state index in [1.165, 1.54) is 11.3 Å². The molecule has 1 aromatic carbocycles. The maximum atomic E-state index is 12.3. The van der Waals surface area contributed by atoms with Gasteiger partial charge in [0.25, 0.3) is 5.91 Å². The zero-order chi connectivity index (χ0) is 13.5. The van der Waals surface area contributed by atoms with E-state index in [4.69, 9.17) is 14.4 Å². The number of carbonyl (C=O) groups excluding carboxylic acids is 1. The van der Waals surface area contributed by atoms with E-state index in [2.05, 4.69) is 4.98 Å². The summed E-state index contributed by atoms with van der Waals surface area (Å²) in [6, 6.07) is 7.32. The normalized spacial score (nSPS) is 16.6. The molecule has 1 fully saturated rings. The molecule has 1 saturated heterocycles. The first-order valence-corrected chi connectivity index (χ1v) is 5.77. The number of carbonyl (C=O) groups is 1. The molecule has 6 heteroatoms. The van der Waals surface area contributed by atoms with Gasteiger partial charge in [-0.1, -0.05) is 0 Å². The summed E-state index contributed by atoms with van der Waals surface area (Å²) in [4.78, 5) is 17.8. The maximum absolute atomic E-state index is 12.3. The van der Waals surface area contributed by atoms with Crippen LogP contribution in [0.5, 0.6) is 0 Å². The van der Waals surface area contributed by atoms with Crippen molar-refractivity contribution in [2.24, 2.45) is 5.41 Å². The van der Waals surface area contributed by atoms with Gasteiger partial charge in [0, 0.05) is 18.8 Å². The third kappa shape index (κ3) is 1.67. The smallest absolute Gasteiger partial charge is 0.252 e. The van der Waals surface area contributed by atoms with Gasteiger partial charge in [-0.3, -0.25) is 4.79 Å². The van der Waals surface area contributed by atoms with Gasteiger partial charge < -0.3 is 14.1 Å². The molecule has 6 nitrogen and oxygen atoms in total. The predicted molar refractivity (Wildman–Crippen MR) is 66.3 cm³/mol. The Morgan fingerprint density at radius 1 is 1.53 bits per heavy atom. The molecule has 1 amide bonds. The lowest BCUT2D eigenvalue weighted by Crippen LogP contribution is -2.53. The lowest BCUT2D eigenvalue weighted by Gasteiger charge is -2.36. The highest BCUT2D eigenvalue weighted by atomic mass is 16.5. The molecular formula is C13H11N3O3. The third-order valence-electron chi connectivity index (χ3n) is 3.33. The van der Waals surface area contributed by atoms with E-state index in [-0.39, 0.29) is 19.1 Å². The van der Waals surface area contributed by atoms with Crippen LogP contribution in [0.1, 0.15) is 0 Å². The van der Waals surface area contributed by atoms with E-state index in [1.807, 2.05) is 6.07 Å². The molecule has 2 heterocycles. The fourth-order valence-electron chi connectivity index (χ4n) is 2.03. The van der Waals surface area contributed by atoms with Crippen molar-refractivity contribution in [1.29, 1.82) is 5.26 Å². The van der Waals surface area contributed by atoms with Gasteiger partial charge in [0.15, 0.2) is 17.4 Å². The maximum Gasteiger partial charge on any atom is 0.252 e. The Kier molecular flexibility index (Phi) is 2.50. The minimum absolute atomic E-state index is 0.150. The number of oxazole rings is 1. The Labute approximate surface area is 109 Å². The first kappa shape index (κ1) is 11.7. The van der Waals surface area contributed by atoms with E-state index >= 15 is 0 Å². The van der Waals surface area contributed by atoms with Gasteiger partial charge in [0.05, 0.1) is 19.3 Å². The molecule has 96 valence electrons. The second kappa shape index (κ2) is 4.07. The number of nitriles is 1. The Bertz CT molecular complexity index is 682. The molecule has 1 aliphatic rings. The summed E-state index contributed by atoms with van der Waals surface area (Å²) in [5.41, 5.74) is 0.945. The topological polar surface area (TPSA) is 79.4 Å². The number of hydrogen-bond donors (Lipinski definition) is 0. The van der Waals surface area contributed by atoms with Crippen molar-refractivity contribution in [2.45, 2.75) is 0 Å². The molecule has 0 bridgehead atoms. The van der Waals surface area contributed by atoms with E-state index in [9.17, 15) is 4.79 Å². The Hall–Kier alpha value is -2.39. The van der Waals surface area contributed by atoms with Gasteiger partial charge in [0.2, 0.25) is 0 Å². The second-order valence-corrected chi connectivity index (χ2v) is 4.56. The number of aromatic nitrogens is 1. The highest BCUT2D eigenvalue weighted by molar-refractivity contribution is 6.00. The molecule has 0 spiro atoms. The van der Waals surface area contributed by atoms with Crippen LogP contribution in [0.3, 0.4) is 0 Å². The molecule has 0 aliphatic carbocycles. The Balaban J connectivity index is 1.93. The Morgan fingerprint density at radius 2 is 2.32 bits per heavy atom. The van der Waals surface area contributed by atoms with Gasteiger partial charge in [-0.05, 0) is 12.1 Å². The molecule has 0 atom stereocenters. The van der Waals surface area contributed by atoms with Crippen molar-refractivity contribution < 1.29 is 13.9 Å². The van der Waals surface area contributed by atoms with Gasteiger partial charge in [0.1, 0.15) is 5.52 Å². The molecule has 1 aliphatic heterocycles. The summed E-state index contributed by atoms with van der Waals surface area (Å²) < 4.78 is 10.2. The lowest BCUT2D eigenvalue weighted by molar-refractivity contribution is -0.146. The molecule has 0 unspecified atom stereocenters. The molecule has 0 saturated carbocycles. The largest absolute Gasteiger partial charge is 0.443 e. The molecule has 3 rings (SSSR count). The van der Waals surface area contributed by atoms with Crippen LogP contribution in [-0.2, 0) is 9.53 Å². The van der Waals surface area contributed by atoms with Crippen LogP contribution in [0.25, 0.3) is 11.1 Å². The summed E-state index contributed by atoms with van der Waals surface area (Å²) in [5, 5.41) is 9.14. The van der Waals surface area contributed by atoms with E-state index in [0.717, 1.165) is 5.52 Å². The molecule has 19 heavy (non-hydrogen) atoms. The number of rotatable bonds is 2. The minimum atomic E-state index is -1.05. The predicted octanol–water partition coefficient (Wildman–Crippen LogP) is 1.33. The standard InChI is InChI=1S/C13H11N3O3/c1-16(12(17)13(5-14)6-18-7-13)9-2-3-10-11(4-9)19-8-15-10/h2-4,8H,6-7H2,1H3. The van der Waals surface area contributed by atoms with Crippen LogP contribution < -0.4 is 4.90 Å². The average molecular weight is 257 g/mol. The zero-order valence-corrected chi connectivity index (χ0v) is 10.3. The zero-order valence-electron chi connectivity index (χ0n) is 10.3.